The molecule has 227 valence electrons. The first-order valence-electron chi connectivity index (χ1n) is 15.6. The van der Waals surface area contributed by atoms with Crippen LogP contribution >= 0.6 is 17.0 Å². The standard InChI is InChI=1S/2C18H18N.C2H7Si.2ClH.Zr/c2*1-13-10-14-7-5-9-17(18(14)11-13)15-6-4-8-16(12-15)19(2)3;1-3-2;;;/h2*4-12H,1-3H3;3H,1-2H3;2*1H;/q;;;;;+2/p-2. The molecule has 0 bridgehead atoms. The van der Waals surface area contributed by atoms with Crippen molar-refractivity contribution in [3.63, 3.8) is 0 Å². The van der Waals surface area contributed by atoms with Crippen molar-refractivity contribution in [2.24, 2.45) is 0 Å². The van der Waals surface area contributed by atoms with Crippen LogP contribution in [0.5, 0.6) is 0 Å². The number of nitrogens with zero attached hydrogens (tertiary/aromatic N) is 2. The Morgan fingerprint density at radius 3 is 1.34 bits per heavy atom. The zero-order valence-electron chi connectivity index (χ0n) is 27.1. The number of hydrogen-bond acceptors (Lipinski definition) is 2. The van der Waals surface area contributed by atoms with Crippen LogP contribution < -0.4 is 9.80 Å². The van der Waals surface area contributed by atoms with E-state index >= 15 is 0 Å². The van der Waals surface area contributed by atoms with Crippen molar-refractivity contribution in [1.29, 1.82) is 0 Å². The molecule has 0 radical (unpaired) electrons. The summed E-state index contributed by atoms with van der Waals surface area (Å²) in [6.45, 7) is 9.38. The summed E-state index contributed by atoms with van der Waals surface area (Å²) in [5.41, 5.74) is 15.2. The Labute approximate surface area is 272 Å². The molecule has 0 aliphatic heterocycles. The maximum atomic E-state index is 8.46. The molecule has 2 unspecified atom stereocenters. The van der Waals surface area contributed by atoms with Crippen LogP contribution in [-0.4, -0.2) is 34.1 Å². The monoisotopic (exact) mass is 715 g/mol. The fraction of sp³-hybridized carbons (Fsp3) is 0.263. The second-order valence-electron chi connectivity index (χ2n) is 13.5. The van der Waals surface area contributed by atoms with Gasteiger partial charge in [0.05, 0.1) is 0 Å². The number of anilines is 2. The van der Waals surface area contributed by atoms with Crippen LogP contribution in [0.4, 0.5) is 11.4 Å². The quantitative estimate of drug-likeness (QED) is 0.176. The van der Waals surface area contributed by atoms with E-state index in [4.69, 9.17) is 17.0 Å². The van der Waals surface area contributed by atoms with Gasteiger partial charge in [-0.05, 0) is 0 Å². The van der Waals surface area contributed by atoms with Crippen molar-refractivity contribution in [3.8, 4) is 22.3 Å². The van der Waals surface area contributed by atoms with Crippen LogP contribution in [0.3, 0.4) is 0 Å². The van der Waals surface area contributed by atoms with Gasteiger partial charge < -0.3 is 0 Å². The normalized spacial score (nSPS) is 18.3. The summed E-state index contributed by atoms with van der Waals surface area (Å²) in [5, 5.41) is 0. The number of allylic oxidation sites excluding steroid dienone is 2. The molecule has 0 aromatic heterocycles. The molecular weight excluding hydrogens is 675 g/mol. The van der Waals surface area contributed by atoms with Crippen molar-refractivity contribution in [1.82, 2.24) is 0 Å². The fourth-order valence-corrected chi connectivity index (χ4v) is 40.7. The summed E-state index contributed by atoms with van der Waals surface area (Å²) in [7, 11) is 25.3. The average molecular weight is 718 g/mol. The molecule has 2 aliphatic carbocycles. The molecule has 2 aliphatic rings. The number of hydrogen-bond donors (Lipinski definition) is 0. The topological polar surface area (TPSA) is 6.48 Å². The zero-order valence-corrected chi connectivity index (χ0v) is 32.2. The van der Waals surface area contributed by atoms with Gasteiger partial charge >= 0.3 is 275 Å². The molecule has 0 amide bonds. The van der Waals surface area contributed by atoms with Crippen molar-refractivity contribution >= 4 is 46.5 Å². The van der Waals surface area contributed by atoms with Gasteiger partial charge in [0.1, 0.15) is 0 Å². The van der Waals surface area contributed by atoms with Gasteiger partial charge in [0.25, 0.3) is 0 Å². The third-order valence-electron chi connectivity index (χ3n) is 10.1. The average Bonchev–Trinajstić information content (AvgIpc) is 3.53. The number of fused-ring (bicyclic) bond motifs is 2. The number of rotatable bonds is 7. The summed E-state index contributed by atoms with van der Waals surface area (Å²) in [5.74, 6) is -1.59. The summed E-state index contributed by atoms with van der Waals surface area (Å²) < 4.78 is 0.164. The van der Waals surface area contributed by atoms with Gasteiger partial charge in [0.2, 0.25) is 0 Å². The summed E-state index contributed by atoms with van der Waals surface area (Å²) >= 11 is -4.73. The van der Waals surface area contributed by atoms with Gasteiger partial charge in [0.15, 0.2) is 0 Å². The first-order valence-corrected chi connectivity index (χ1v) is 31.9. The Kier molecular flexibility index (Phi) is 8.24. The molecule has 0 saturated carbocycles. The third-order valence-corrected chi connectivity index (χ3v) is 62.4. The molecular formula is C38H43Cl2N2SiZr. The molecule has 2 atom stereocenters. The van der Waals surface area contributed by atoms with Gasteiger partial charge in [-0.1, -0.05) is 0 Å². The molecule has 0 heterocycles. The SMILES string of the molecule is CC1=Cc2c(-c3cccc(N(C)C)c3)cccc2[CH]1[Zr]([Cl])([Cl])([CH]1C(C)=Cc2c(-c3cccc(N(C)C)c3)cccc21)[SiH](C)C. The molecule has 0 saturated heterocycles. The molecule has 0 fully saturated rings. The van der Waals surface area contributed by atoms with E-state index in [0.29, 0.717) is 0 Å². The van der Waals surface area contributed by atoms with Crippen LogP contribution in [0.2, 0.25) is 13.1 Å². The first-order chi connectivity index (χ1) is 20.8. The van der Waals surface area contributed by atoms with E-state index in [9.17, 15) is 0 Å². The number of halogens is 2. The van der Waals surface area contributed by atoms with Crippen LogP contribution in [-0.2, 0) is 15.6 Å². The van der Waals surface area contributed by atoms with E-state index in [1.807, 2.05) is 0 Å². The fourth-order valence-electron chi connectivity index (χ4n) is 7.81. The van der Waals surface area contributed by atoms with E-state index in [2.05, 4.69) is 162 Å². The minimum atomic E-state index is -4.73. The second kappa shape index (κ2) is 11.5. The molecule has 0 spiro atoms. The zero-order chi connectivity index (χ0) is 31.6. The van der Waals surface area contributed by atoms with Gasteiger partial charge in [-0.2, -0.15) is 0 Å². The van der Waals surface area contributed by atoms with Crippen molar-refractivity contribution < 1.29 is 15.6 Å². The van der Waals surface area contributed by atoms with Crippen molar-refractivity contribution in [2.45, 2.75) is 34.2 Å². The van der Waals surface area contributed by atoms with E-state index in [-0.39, 0.29) is 7.25 Å². The summed E-state index contributed by atoms with van der Waals surface area (Å²) in [6.07, 6.45) is 4.79. The Hall–Kier alpha value is -2.36. The summed E-state index contributed by atoms with van der Waals surface area (Å²) in [6, 6.07) is 31.2. The third kappa shape index (κ3) is 4.92. The maximum absolute atomic E-state index is 8.46. The van der Waals surface area contributed by atoms with Gasteiger partial charge in [-0.3, -0.25) is 0 Å². The molecule has 2 nitrogen and oxygen atoms in total. The van der Waals surface area contributed by atoms with E-state index < -0.39 is 21.5 Å². The van der Waals surface area contributed by atoms with Crippen molar-refractivity contribution in [2.75, 3.05) is 38.0 Å². The predicted octanol–water partition coefficient (Wildman–Crippen LogP) is 10.7. The molecule has 0 N–H and O–H groups in total. The number of benzene rings is 4. The van der Waals surface area contributed by atoms with E-state index in [1.54, 1.807) is 0 Å². The van der Waals surface area contributed by atoms with Crippen LogP contribution in [0.25, 0.3) is 34.4 Å². The Morgan fingerprint density at radius 1 is 0.591 bits per heavy atom. The molecule has 6 rings (SSSR count). The van der Waals surface area contributed by atoms with Gasteiger partial charge in [-0.25, -0.2) is 0 Å². The van der Waals surface area contributed by atoms with Gasteiger partial charge in [-0.15, -0.1) is 0 Å². The first kappa shape index (κ1) is 31.6. The van der Waals surface area contributed by atoms with E-state index in [0.717, 1.165) is 0 Å². The summed E-state index contributed by atoms with van der Waals surface area (Å²) in [4.78, 5) is 4.32. The Morgan fingerprint density at radius 2 is 0.977 bits per heavy atom. The Balaban J connectivity index is 1.52. The molecule has 4 aromatic carbocycles. The predicted molar refractivity (Wildman–Crippen MR) is 196 cm³/mol. The molecule has 4 aromatic rings. The van der Waals surface area contributed by atoms with Crippen LogP contribution in [0.1, 0.15) is 43.4 Å². The molecule has 6 heteroatoms. The molecule has 44 heavy (non-hydrogen) atoms. The van der Waals surface area contributed by atoms with Gasteiger partial charge in [0, 0.05) is 0 Å². The Bertz CT molecular complexity index is 1710. The van der Waals surface area contributed by atoms with Crippen LogP contribution in [0.15, 0.2) is 96.1 Å². The van der Waals surface area contributed by atoms with E-state index in [1.165, 1.54) is 67.0 Å². The van der Waals surface area contributed by atoms with Crippen molar-refractivity contribution in [3.05, 3.63) is 118 Å². The van der Waals surface area contributed by atoms with Crippen LogP contribution in [0, 0.1) is 0 Å². The second-order valence-corrected chi connectivity index (χ2v) is 56.0. The minimum absolute atomic E-state index is 0.0819.